The summed E-state index contributed by atoms with van der Waals surface area (Å²) in [5.41, 5.74) is 2.25. The summed E-state index contributed by atoms with van der Waals surface area (Å²) in [5, 5.41) is 3.12. The van der Waals surface area contributed by atoms with Crippen LogP contribution in [0.15, 0.2) is 18.2 Å². The molecule has 1 aliphatic rings. The number of rotatable bonds is 5. The van der Waals surface area contributed by atoms with E-state index in [2.05, 4.69) is 33.4 Å². The molecule has 17 heavy (non-hydrogen) atoms. The SMILES string of the molecule is CNCc1cccc(CN2CCC(OC)C2)n1. The van der Waals surface area contributed by atoms with Gasteiger partial charge in [-0.05, 0) is 25.6 Å². The third-order valence-corrected chi connectivity index (χ3v) is 3.17. The van der Waals surface area contributed by atoms with Crippen molar-refractivity contribution in [3.8, 4) is 0 Å². The highest BCUT2D eigenvalue weighted by Gasteiger charge is 2.22. The number of hydrogen-bond donors (Lipinski definition) is 1. The third-order valence-electron chi connectivity index (χ3n) is 3.17. The van der Waals surface area contributed by atoms with Gasteiger partial charge >= 0.3 is 0 Å². The Balaban J connectivity index is 1.92. The van der Waals surface area contributed by atoms with E-state index >= 15 is 0 Å². The Morgan fingerprint density at radius 3 is 3.00 bits per heavy atom. The summed E-state index contributed by atoms with van der Waals surface area (Å²) < 4.78 is 5.37. The van der Waals surface area contributed by atoms with Crippen LogP contribution in [0.25, 0.3) is 0 Å². The highest BCUT2D eigenvalue weighted by atomic mass is 16.5. The highest BCUT2D eigenvalue weighted by Crippen LogP contribution is 2.14. The van der Waals surface area contributed by atoms with E-state index < -0.39 is 0 Å². The average Bonchev–Trinajstić information content (AvgIpc) is 2.78. The Labute approximate surface area is 103 Å². The van der Waals surface area contributed by atoms with Gasteiger partial charge < -0.3 is 10.1 Å². The van der Waals surface area contributed by atoms with Gasteiger partial charge in [-0.25, -0.2) is 0 Å². The third kappa shape index (κ3) is 3.49. The number of methoxy groups -OCH3 is 1. The van der Waals surface area contributed by atoms with Crippen LogP contribution in [0.2, 0.25) is 0 Å². The van der Waals surface area contributed by atoms with Crippen LogP contribution in [0.3, 0.4) is 0 Å². The summed E-state index contributed by atoms with van der Waals surface area (Å²) in [6.07, 6.45) is 1.53. The molecule has 1 atom stereocenters. The van der Waals surface area contributed by atoms with E-state index in [-0.39, 0.29) is 0 Å². The minimum Gasteiger partial charge on any atom is -0.380 e. The first kappa shape index (κ1) is 12.5. The molecule has 4 nitrogen and oxygen atoms in total. The Hall–Kier alpha value is -0.970. The van der Waals surface area contributed by atoms with Crippen LogP contribution in [0.5, 0.6) is 0 Å². The second-order valence-corrected chi connectivity index (χ2v) is 4.53. The highest BCUT2D eigenvalue weighted by molar-refractivity contribution is 5.11. The molecule has 2 heterocycles. The maximum absolute atomic E-state index is 5.37. The molecule has 1 aromatic rings. The summed E-state index contributed by atoms with van der Waals surface area (Å²) in [6, 6.07) is 6.24. The molecule has 1 aliphatic heterocycles. The fraction of sp³-hybridized carbons (Fsp3) is 0.615. The molecule has 0 aromatic carbocycles. The van der Waals surface area contributed by atoms with Crippen molar-refractivity contribution in [3.05, 3.63) is 29.6 Å². The molecule has 0 saturated carbocycles. The summed E-state index contributed by atoms with van der Waals surface area (Å²) in [6.45, 7) is 3.89. The number of nitrogens with one attached hydrogen (secondary N) is 1. The standard InChI is InChI=1S/C13H21N3O/c1-14-8-11-4-3-5-12(15-11)9-16-7-6-13(10-16)17-2/h3-5,13-14H,6-10H2,1-2H3. The lowest BCUT2D eigenvalue weighted by Gasteiger charge is -2.15. The lowest BCUT2D eigenvalue weighted by Crippen LogP contribution is -2.23. The molecule has 0 amide bonds. The molecular formula is C13H21N3O. The first-order valence-electron chi connectivity index (χ1n) is 6.16. The molecule has 1 unspecified atom stereocenters. The van der Waals surface area contributed by atoms with Gasteiger partial charge in [-0.1, -0.05) is 6.07 Å². The van der Waals surface area contributed by atoms with Crippen LogP contribution < -0.4 is 5.32 Å². The first-order chi connectivity index (χ1) is 8.31. The lowest BCUT2D eigenvalue weighted by molar-refractivity contribution is 0.107. The van der Waals surface area contributed by atoms with E-state index in [1.54, 1.807) is 7.11 Å². The summed E-state index contributed by atoms with van der Waals surface area (Å²) in [4.78, 5) is 7.03. The van der Waals surface area contributed by atoms with Crippen LogP contribution in [-0.2, 0) is 17.8 Å². The van der Waals surface area contributed by atoms with Crippen molar-refractivity contribution in [2.45, 2.75) is 25.6 Å². The van der Waals surface area contributed by atoms with Crippen LogP contribution in [0, 0.1) is 0 Å². The minimum absolute atomic E-state index is 0.399. The molecular weight excluding hydrogens is 214 g/mol. The van der Waals surface area contributed by atoms with Gasteiger partial charge in [0.2, 0.25) is 0 Å². The van der Waals surface area contributed by atoms with E-state index in [0.29, 0.717) is 6.10 Å². The van der Waals surface area contributed by atoms with Gasteiger partial charge in [0, 0.05) is 33.3 Å². The van der Waals surface area contributed by atoms with Crippen LogP contribution in [-0.4, -0.2) is 43.2 Å². The van der Waals surface area contributed by atoms with E-state index in [4.69, 9.17) is 4.74 Å². The Morgan fingerprint density at radius 2 is 2.29 bits per heavy atom. The van der Waals surface area contributed by atoms with Crippen LogP contribution in [0.1, 0.15) is 17.8 Å². The normalized spacial score (nSPS) is 20.9. The number of aromatic nitrogens is 1. The quantitative estimate of drug-likeness (QED) is 0.827. The smallest absolute Gasteiger partial charge is 0.0710 e. The van der Waals surface area contributed by atoms with Gasteiger partial charge in [0.25, 0.3) is 0 Å². The van der Waals surface area contributed by atoms with Gasteiger partial charge in [0.05, 0.1) is 17.5 Å². The minimum atomic E-state index is 0.399. The van der Waals surface area contributed by atoms with Gasteiger partial charge in [0.1, 0.15) is 0 Å². The molecule has 1 aromatic heterocycles. The summed E-state index contributed by atoms with van der Waals surface area (Å²) in [5.74, 6) is 0. The molecule has 2 rings (SSSR count). The number of hydrogen-bond acceptors (Lipinski definition) is 4. The molecule has 1 fully saturated rings. The average molecular weight is 235 g/mol. The van der Waals surface area contributed by atoms with Crippen molar-refractivity contribution in [1.29, 1.82) is 0 Å². The van der Waals surface area contributed by atoms with Crippen molar-refractivity contribution in [3.63, 3.8) is 0 Å². The van der Waals surface area contributed by atoms with E-state index in [1.807, 2.05) is 7.05 Å². The zero-order valence-corrected chi connectivity index (χ0v) is 10.6. The van der Waals surface area contributed by atoms with Gasteiger partial charge in [-0.3, -0.25) is 9.88 Å². The van der Waals surface area contributed by atoms with Crippen molar-refractivity contribution in [2.24, 2.45) is 0 Å². The molecule has 0 radical (unpaired) electrons. The second-order valence-electron chi connectivity index (χ2n) is 4.53. The number of nitrogens with zero attached hydrogens (tertiary/aromatic N) is 2. The fourth-order valence-electron chi connectivity index (χ4n) is 2.26. The van der Waals surface area contributed by atoms with Crippen molar-refractivity contribution >= 4 is 0 Å². The predicted octanol–water partition coefficient (Wildman–Crippen LogP) is 1.02. The van der Waals surface area contributed by atoms with Crippen LogP contribution in [0.4, 0.5) is 0 Å². The van der Waals surface area contributed by atoms with Crippen molar-refractivity contribution in [1.82, 2.24) is 15.2 Å². The predicted molar refractivity (Wildman–Crippen MR) is 67.7 cm³/mol. The van der Waals surface area contributed by atoms with E-state index in [9.17, 15) is 0 Å². The molecule has 94 valence electrons. The zero-order valence-electron chi connectivity index (χ0n) is 10.6. The topological polar surface area (TPSA) is 37.4 Å². The molecule has 0 bridgehead atoms. The number of ether oxygens (including phenoxy) is 1. The fourth-order valence-corrected chi connectivity index (χ4v) is 2.26. The molecule has 1 saturated heterocycles. The number of likely N-dealkylation sites (tertiary alicyclic amines) is 1. The maximum atomic E-state index is 5.37. The molecule has 1 N–H and O–H groups in total. The first-order valence-corrected chi connectivity index (χ1v) is 6.16. The van der Waals surface area contributed by atoms with E-state index in [0.717, 1.165) is 44.0 Å². The van der Waals surface area contributed by atoms with Gasteiger partial charge in [0.15, 0.2) is 0 Å². The van der Waals surface area contributed by atoms with Gasteiger partial charge in [-0.15, -0.1) is 0 Å². The molecule has 4 heteroatoms. The lowest BCUT2D eigenvalue weighted by atomic mass is 10.3. The maximum Gasteiger partial charge on any atom is 0.0710 e. The summed E-state index contributed by atoms with van der Waals surface area (Å²) in [7, 11) is 3.73. The summed E-state index contributed by atoms with van der Waals surface area (Å²) >= 11 is 0. The largest absolute Gasteiger partial charge is 0.380 e. The Bertz CT molecular complexity index is 356. The van der Waals surface area contributed by atoms with Gasteiger partial charge in [-0.2, -0.15) is 0 Å². The zero-order chi connectivity index (χ0) is 12.1. The Kier molecular flexibility index (Phi) is 4.48. The molecule has 0 spiro atoms. The monoisotopic (exact) mass is 235 g/mol. The number of pyridine rings is 1. The van der Waals surface area contributed by atoms with E-state index in [1.165, 1.54) is 0 Å². The second kappa shape index (κ2) is 6.10. The van der Waals surface area contributed by atoms with Crippen molar-refractivity contribution < 1.29 is 4.74 Å². The van der Waals surface area contributed by atoms with Crippen molar-refractivity contribution in [2.75, 3.05) is 27.2 Å². The Morgan fingerprint density at radius 1 is 1.47 bits per heavy atom. The molecule has 0 aliphatic carbocycles. The van der Waals surface area contributed by atoms with Crippen LogP contribution >= 0.6 is 0 Å².